The van der Waals surface area contributed by atoms with Crippen LogP contribution in [0.25, 0.3) is 0 Å². The van der Waals surface area contributed by atoms with E-state index in [2.05, 4.69) is 16.1 Å². The van der Waals surface area contributed by atoms with Gasteiger partial charge in [-0.05, 0) is 25.8 Å². The minimum atomic E-state index is -0.173. The molecule has 0 aliphatic carbocycles. The second-order valence-corrected chi connectivity index (χ2v) is 5.60. The molecule has 0 radical (unpaired) electrons. The number of aromatic nitrogens is 2. The lowest BCUT2D eigenvalue weighted by Crippen LogP contribution is -2.34. The lowest BCUT2D eigenvalue weighted by Gasteiger charge is -2.24. The largest absolute Gasteiger partial charge is 0.469 e. The van der Waals surface area contributed by atoms with Gasteiger partial charge in [-0.25, -0.2) is 0 Å². The first kappa shape index (κ1) is 16.0. The van der Waals surface area contributed by atoms with E-state index < -0.39 is 0 Å². The Morgan fingerprint density at radius 3 is 3.00 bits per heavy atom. The number of nitrogens with zero attached hydrogens (tertiary/aromatic N) is 3. The highest BCUT2D eigenvalue weighted by Crippen LogP contribution is 2.15. The molecule has 1 saturated heterocycles. The van der Waals surface area contributed by atoms with E-state index in [1.165, 1.54) is 7.11 Å². The Hall–Kier alpha value is -1.40. The average molecular weight is 295 g/mol. The summed E-state index contributed by atoms with van der Waals surface area (Å²) in [5.74, 6) is -0.173. The fourth-order valence-corrected chi connectivity index (χ4v) is 2.70. The molecule has 6 nitrogen and oxygen atoms in total. The first-order valence-electron chi connectivity index (χ1n) is 7.48. The minimum Gasteiger partial charge on any atom is -0.469 e. The second-order valence-electron chi connectivity index (χ2n) is 5.60. The van der Waals surface area contributed by atoms with Gasteiger partial charge in [-0.1, -0.05) is 0 Å². The van der Waals surface area contributed by atoms with Gasteiger partial charge in [0.1, 0.15) is 0 Å². The highest BCUT2D eigenvalue weighted by atomic mass is 16.5. The fourth-order valence-electron chi connectivity index (χ4n) is 2.70. The van der Waals surface area contributed by atoms with Gasteiger partial charge in [-0.15, -0.1) is 0 Å². The highest BCUT2D eigenvalue weighted by molar-refractivity contribution is 5.69. The molecule has 1 aromatic heterocycles. The SMILES string of the molecule is COC(=O)CCN(Cc1cc(C)nn1C)CC1CCCO1. The predicted octanol–water partition coefficient (Wildman–Crippen LogP) is 1.27. The minimum absolute atomic E-state index is 0.173. The third-order valence-electron chi connectivity index (χ3n) is 3.83. The number of hydrogen-bond acceptors (Lipinski definition) is 5. The number of ether oxygens (including phenoxy) is 2. The van der Waals surface area contributed by atoms with Crippen molar-refractivity contribution >= 4 is 5.97 Å². The summed E-state index contributed by atoms with van der Waals surface area (Å²) >= 11 is 0. The van der Waals surface area contributed by atoms with E-state index in [1.54, 1.807) is 0 Å². The summed E-state index contributed by atoms with van der Waals surface area (Å²) in [6.45, 7) is 5.13. The molecule has 0 bridgehead atoms. The van der Waals surface area contributed by atoms with Crippen molar-refractivity contribution in [2.75, 3.05) is 26.8 Å². The Bertz CT molecular complexity index is 467. The molecule has 1 aliphatic heterocycles. The Labute approximate surface area is 126 Å². The van der Waals surface area contributed by atoms with Gasteiger partial charge in [-0.2, -0.15) is 5.10 Å². The summed E-state index contributed by atoms with van der Waals surface area (Å²) in [6, 6.07) is 2.08. The van der Waals surface area contributed by atoms with E-state index in [1.807, 2.05) is 18.7 Å². The summed E-state index contributed by atoms with van der Waals surface area (Å²) in [5, 5.41) is 4.37. The van der Waals surface area contributed by atoms with Crippen LogP contribution in [0.2, 0.25) is 0 Å². The normalized spacial score (nSPS) is 18.4. The molecule has 1 aromatic rings. The Kier molecular flexibility index (Phi) is 5.76. The topological polar surface area (TPSA) is 56.6 Å². The van der Waals surface area contributed by atoms with Crippen molar-refractivity contribution in [1.29, 1.82) is 0 Å². The van der Waals surface area contributed by atoms with Crippen molar-refractivity contribution in [3.8, 4) is 0 Å². The molecule has 6 heteroatoms. The van der Waals surface area contributed by atoms with Gasteiger partial charge in [0, 0.05) is 33.3 Å². The van der Waals surface area contributed by atoms with E-state index in [0.29, 0.717) is 13.0 Å². The predicted molar refractivity (Wildman–Crippen MR) is 78.8 cm³/mol. The summed E-state index contributed by atoms with van der Waals surface area (Å²) in [4.78, 5) is 13.6. The maximum Gasteiger partial charge on any atom is 0.306 e. The van der Waals surface area contributed by atoms with Crippen LogP contribution in [-0.4, -0.2) is 53.6 Å². The number of esters is 1. The molecule has 0 saturated carbocycles. The van der Waals surface area contributed by atoms with Gasteiger partial charge in [0.25, 0.3) is 0 Å². The van der Waals surface area contributed by atoms with Crippen LogP contribution in [-0.2, 0) is 27.9 Å². The lowest BCUT2D eigenvalue weighted by molar-refractivity contribution is -0.141. The van der Waals surface area contributed by atoms with Crippen molar-refractivity contribution in [2.24, 2.45) is 7.05 Å². The zero-order valence-corrected chi connectivity index (χ0v) is 13.2. The van der Waals surface area contributed by atoms with Crippen LogP contribution in [0.15, 0.2) is 6.07 Å². The maximum absolute atomic E-state index is 11.4. The van der Waals surface area contributed by atoms with Gasteiger partial charge in [0.2, 0.25) is 0 Å². The van der Waals surface area contributed by atoms with Crippen LogP contribution in [0.3, 0.4) is 0 Å². The van der Waals surface area contributed by atoms with Crippen molar-refractivity contribution in [2.45, 2.75) is 38.8 Å². The number of rotatable bonds is 7. The van der Waals surface area contributed by atoms with Crippen LogP contribution < -0.4 is 0 Å². The molecular weight excluding hydrogens is 270 g/mol. The van der Waals surface area contributed by atoms with E-state index in [9.17, 15) is 4.79 Å². The van der Waals surface area contributed by atoms with Gasteiger partial charge < -0.3 is 9.47 Å². The van der Waals surface area contributed by atoms with Crippen LogP contribution in [0.5, 0.6) is 0 Å². The van der Waals surface area contributed by atoms with E-state index in [-0.39, 0.29) is 12.1 Å². The van der Waals surface area contributed by atoms with Gasteiger partial charge in [0.05, 0.1) is 31.0 Å². The molecule has 1 unspecified atom stereocenters. The number of hydrogen-bond donors (Lipinski definition) is 0. The highest BCUT2D eigenvalue weighted by Gasteiger charge is 2.20. The monoisotopic (exact) mass is 295 g/mol. The Morgan fingerprint density at radius 1 is 1.62 bits per heavy atom. The Balaban J connectivity index is 1.96. The van der Waals surface area contributed by atoms with Crippen LogP contribution in [0.4, 0.5) is 0 Å². The molecule has 0 amide bonds. The molecule has 0 N–H and O–H groups in total. The molecule has 2 heterocycles. The van der Waals surface area contributed by atoms with Crippen molar-refractivity contribution < 1.29 is 14.3 Å². The maximum atomic E-state index is 11.4. The third-order valence-corrected chi connectivity index (χ3v) is 3.83. The first-order chi connectivity index (χ1) is 10.1. The van der Waals surface area contributed by atoms with Crippen LogP contribution >= 0.6 is 0 Å². The van der Waals surface area contributed by atoms with Crippen LogP contribution in [0.1, 0.15) is 30.7 Å². The second kappa shape index (κ2) is 7.56. The summed E-state index contributed by atoms with van der Waals surface area (Å²) in [7, 11) is 3.38. The summed E-state index contributed by atoms with van der Waals surface area (Å²) < 4.78 is 12.3. The van der Waals surface area contributed by atoms with E-state index >= 15 is 0 Å². The molecule has 0 spiro atoms. The number of methoxy groups -OCH3 is 1. The van der Waals surface area contributed by atoms with Crippen LogP contribution in [0, 0.1) is 6.92 Å². The summed E-state index contributed by atoms with van der Waals surface area (Å²) in [6.07, 6.45) is 2.90. The van der Waals surface area contributed by atoms with E-state index in [4.69, 9.17) is 9.47 Å². The molecule has 1 aliphatic rings. The first-order valence-corrected chi connectivity index (χ1v) is 7.48. The average Bonchev–Trinajstić information content (AvgIpc) is 3.06. The molecular formula is C15H25N3O3. The summed E-state index contributed by atoms with van der Waals surface area (Å²) in [5.41, 5.74) is 2.16. The van der Waals surface area contributed by atoms with E-state index in [0.717, 1.165) is 43.9 Å². The Morgan fingerprint density at radius 2 is 2.43 bits per heavy atom. The van der Waals surface area contributed by atoms with Crippen molar-refractivity contribution in [3.05, 3.63) is 17.5 Å². The zero-order valence-electron chi connectivity index (χ0n) is 13.2. The third kappa shape index (κ3) is 4.82. The number of carbonyl (C=O) groups excluding carboxylic acids is 1. The lowest BCUT2D eigenvalue weighted by atomic mass is 10.2. The van der Waals surface area contributed by atoms with Gasteiger partial charge in [-0.3, -0.25) is 14.4 Å². The zero-order chi connectivity index (χ0) is 15.2. The van der Waals surface area contributed by atoms with Crippen molar-refractivity contribution in [3.63, 3.8) is 0 Å². The van der Waals surface area contributed by atoms with Gasteiger partial charge >= 0.3 is 5.97 Å². The number of aryl methyl sites for hydroxylation is 2. The molecule has 0 aromatic carbocycles. The fraction of sp³-hybridized carbons (Fsp3) is 0.733. The molecule has 1 atom stereocenters. The smallest absolute Gasteiger partial charge is 0.306 e. The molecule has 1 fully saturated rings. The molecule has 21 heavy (non-hydrogen) atoms. The van der Waals surface area contributed by atoms with Crippen molar-refractivity contribution in [1.82, 2.24) is 14.7 Å². The quantitative estimate of drug-likeness (QED) is 0.709. The van der Waals surface area contributed by atoms with Gasteiger partial charge in [0.15, 0.2) is 0 Å². The molecule has 2 rings (SSSR count). The number of carbonyl (C=O) groups is 1. The standard InChI is InChI=1S/C15H25N3O3/c1-12-9-13(17(2)16-12)10-18(7-6-15(19)20-3)11-14-5-4-8-21-14/h9,14H,4-8,10-11H2,1-3H3. The molecule has 118 valence electrons.